The van der Waals surface area contributed by atoms with Crippen LogP contribution in [0.1, 0.15) is 27.0 Å². The molecule has 1 amide bonds. The molecule has 0 unspecified atom stereocenters. The highest BCUT2D eigenvalue weighted by atomic mass is 32.2. The molecule has 0 aliphatic rings. The van der Waals surface area contributed by atoms with Crippen molar-refractivity contribution in [1.82, 2.24) is 4.47 Å². The topological polar surface area (TPSA) is 75.7 Å². The molecule has 0 atom stereocenters. The molecule has 2 aromatic carbocycles. The largest absolute Gasteiger partial charge is 0.322 e. The highest BCUT2D eigenvalue weighted by molar-refractivity contribution is 7.89. The van der Waals surface area contributed by atoms with Gasteiger partial charge in [-0.1, -0.05) is 28.2 Å². The van der Waals surface area contributed by atoms with Crippen molar-refractivity contribution in [2.24, 2.45) is 0 Å². The van der Waals surface area contributed by atoms with Crippen LogP contribution in [0.15, 0.2) is 41.3 Å². The number of nitrogens with one attached hydrogen (secondary N) is 1. The molecular weight excluding hydrogens is 340 g/mol. The molecule has 0 aliphatic carbocycles. The van der Waals surface area contributed by atoms with Crippen LogP contribution in [0.5, 0.6) is 0 Å². The molecule has 134 valence electrons. The first-order valence-corrected chi connectivity index (χ1v) is 9.13. The van der Waals surface area contributed by atoms with Crippen molar-refractivity contribution in [2.45, 2.75) is 25.7 Å². The first-order chi connectivity index (χ1) is 11.7. The van der Waals surface area contributed by atoms with E-state index >= 15 is 0 Å². The first kappa shape index (κ1) is 19.1. The van der Waals surface area contributed by atoms with Crippen LogP contribution in [0.25, 0.3) is 0 Å². The van der Waals surface area contributed by atoms with E-state index in [1.165, 1.54) is 32.4 Å². The minimum atomic E-state index is -3.81. The zero-order valence-corrected chi connectivity index (χ0v) is 15.8. The molecule has 6 nitrogen and oxygen atoms in total. The first-order valence-electron chi connectivity index (χ1n) is 7.69. The number of aryl methyl sites for hydroxylation is 3. The highest BCUT2D eigenvalue weighted by Gasteiger charge is 2.22. The Balaban J connectivity index is 2.35. The Hall–Kier alpha value is -2.22. The normalized spacial score (nSPS) is 11.6. The summed E-state index contributed by atoms with van der Waals surface area (Å²) in [6, 6.07) is 9.82. The van der Waals surface area contributed by atoms with Gasteiger partial charge in [0.15, 0.2) is 0 Å². The number of amides is 1. The Kier molecular flexibility index (Phi) is 5.62. The maximum absolute atomic E-state index is 12.6. The number of carbonyl (C=O) groups excluding carboxylic acids is 1. The number of nitrogens with zero attached hydrogens (tertiary/aromatic N) is 1. The summed E-state index contributed by atoms with van der Waals surface area (Å²) in [6.45, 7) is 5.83. The summed E-state index contributed by atoms with van der Waals surface area (Å²) in [7, 11) is -1.26. The summed E-state index contributed by atoms with van der Waals surface area (Å²) >= 11 is 0. The third-order valence-electron chi connectivity index (χ3n) is 3.91. The number of rotatable bonds is 5. The Bertz CT molecular complexity index is 884. The second kappa shape index (κ2) is 7.35. The number of hydrogen-bond acceptors (Lipinski definition) is 4. The molecule has 0 radical (unpaired) electrons. The van der Waals surface area contributed by atoms with Crippen molar-refractivity contribution >= 4 is 21.6 Å². The minimum absolute atomic E-state index is 0.0122. The fourth-order valence-electron chi connectivity index (χ4n) is 2.61. The number of carbonyl (C=O) groups is 1. The highest BCUT2D eigenvalue weighted by Crippen LogP contribution is 2.23. The van der Waals surface area contributed by atoms with E-state index < -0.39 is 10.0 Å². The van der Waals surface area contributed by atoms with Crippen molar-refractivity contribution in [3.8, 4) is 0 Å². The second-order valence-electron chi connectivity index (χ2n) is 5.85. The summed E-state index contributed by atoms with van der Waals surface area (Å²) < 4.78 is 25.4. The van der Waals surface area contributed by atoms with E-state index in [1.807, 2.05) is 32.9 Å². The SMILES string of the molecule is CON(C)S(=O)(=O)c1cccc(C(=O)Nc2c(C)cc(C)cc2C)c1. The molecule has 0 aromatic heterocycles. The van der Waals surface area contributed by atoms with Crippen LogP contribution in [0.2, 0.25) is 0 Å². The average Bonchev–Trinajstić information content (AvgIpc) is 2.57. The van der Waals surface area contributed by atoms with Crippen LogP contribution in [-0.2, 0) is 14.9 Å². The van der Waals surface area contributed by atoms with Gasteiger partial charge >= 0.3 is 0 Å². The molecule has 0 fully saturated rings. The van der Waals surface area contributed by atoms with E-state index in [0.29, 0.717) is 0 Å². The van der Waals surface area contributed by atoms with Gasteiger partial charge in [-0.3, -0.25) is 9.63 Å². The Morgan fingerprint density at radius 3 is 2.24 bits per heavy atom. The molecule has 25 heavy (non-hydrogen) atoms. The van der Waals surface area contributed by atoms with Crippen LogP contribution in [0.4, 0.5) is 5.69 Å². The molecule has 2 rings (SSSR count). The summed E-state index contributed by atoms with van der Waals surface area (Å²) in [6.07, 6.45) is 0. The van der Waals surface area contributed by atoms with E-state index in [9.17, 15) is 13.2 Å². The minimum Gasteiger partial charge on any atom is -0.322 e. The van der Waals surface area contributed by atoms with Crippen molar-refractivity contribution < 1.29 is 18.0 Å². The summed E-state index contributed by atoms with van der Waals surface area (Å²) in [5.41, 5.74) is 4.01. The van der Waals surface area contributed by atoms with Crippen LogP contribution in [-0.4, -0.2) is 33.0 Å². The second-order valence-corrected chi connectivity index (χ2v) is 7.79. The predicted octanol–water partition coefficient (Wildman–Crippen LogP) is 3.05. The number of benzene rings is 2. The summed E-state index contributed by atoms with van der Waals surface area (Å²) in [5, 5.41) is 2.87. The quantitative estimate of drug-likeness (QED) is 0.830. The van der Waals surface area contributed by atoms with Gasteiger partial charge < -0.3 is 5.32 Å². The lowest BCUT2D eigenvalue weighted by Crippen LogP contribution is -2.26. The smallest absolute Gasteiger partial charge is 0.264 e. The molecule has 1 N–H and O–H groups in total. The van der Waals surface area contributed by atoms with E-state index in [4.69, 9.17) is 4.84 Å². The monoisotopic (exact) mass is 362 g/mol. The zero-order valence-electron chi connectivity index (χ0n) is 15.0. The van der Waals surface area contributed by atoms with E-state index in [-0.39, 0.29) is 16.4 Å². The van der Waals surface area contributed by atoms with Gasteiger partial charge in [-0.15, -0.1) is 0 Å². The number of hydrogen-bond donors (Lipinski definition) is 1. The molecule has 0 saturated heterocycles. The van der Waals surface area contributed by atoms with Gasteiger partial charge in [0.05, 0.1) is 12.0 Å². The van der Waals surface area contributed by atoms with Gasteiger partial charge in [-0.25, -0.2) is 8.42 Å². The lowest BCUT2D eigenvalue weighted by molar-refractivity contribution is -0.0258. The molecule has 2 aromatic rings. The van der Waals surface area contributed by atoms with Crippen molar-refractivity contribution in [2.75, 3.05) is 19.5 Å². The van der Waals surface area contributed by atoms with Gasteiger partial charge in [0.1, 0.15) is 0 Å². The molecular formula is C18H22N2O4S. The van der Waals surface area contributed by atoms with Gasteiger partial charge in [0.2, 0.25) is 0 Å². The van der Waals surface area contributed by atoms with Gasteiger partial charge in [-0.05, 0) is 50.1 Å². The fraction of sp³-hybridized carbons (Fsp3) is 0.278. The van der Waals surface area contributed by atoms with Crippen molar-refractivity contribution in [3.63, 3.8) is 0 Å². The summed E-state index contributed by atoms with van der Waals surface area (Å²) in [5.74, 6) is -0.368. The molecule has 0 spiro atoms. The van der Waals surface area contributed by atoms with Gasteiger partial charge in [0.25, 0.3) is 15.9 Å². The third kappa shape index (κ3) is 4.07. The fourth-order valence-corrected chi connectivity index (χ4v) is 3.63. The summed E-state index contributed by atoms with van der Waals surface area (Å²) in [4.78, 5) is 17.3. The Morgan fingerprint density at radius 2 is 1.68 bits per heavy atom. The Labute approximate surface area is 148 Å². The van der Waals surface area contributed by atoms with Crippen LogP contribution in [0, 0.1) is 20.8 Å². The standard InChI is InChI=1S/C18H22N2O4S/c1-12-9-13(2)17(14(3)10-12)19-18(21)15-7-6-8-16(11-15)25(22,23)20(4)24-5/h6-11H,1-5H3,(H,19,21). The number of anilines is 1. The molecule has 0 aliphatic heterocycles. The third-order valence-corrected chi connectivity index (χ3v) is 5.58. The van der Waals surface area contributed by atoms with Gasteiger partial charge in [-0.2, -0.15) is 0 Å². The van der Waals surface area contributed by atoms with Crippen molar-refractivity contribution in [1.29, 1.82) is 0 Å². The van der Waals surface area contributed by atoms with Crippen LogP contribution < -0.4 is 5.32 Å². The Morgan fingerprint density at radius 1 is 1.08 bits per heavy atom. The van der Waals surface area contributed by atoms with Crippen molar-refractivity contribution in [3.05, 3.63) is 58.7 Å². The van der Waals surface area contributed by atoms with Crippen LogP contribution >= 0.6 is 0 Å². The maximum atomic E-state index is 12.6. The number of hydroxylamine groups is 1. The maximum Gasteiger partial charge on any atom is 0.264 e. The van der Waals surface area contributed by atoms with Gasteiger partial charge in [0, 0.05) is 18.3 Å². The van der Waals surface area contributed by atoms with Crippen LogP contribution in [0.3, 0.4) is 0 Å². The molecule has 0 bridgehead atoms. The van der Waals surface area contributed by atoms with E-state index in [2.05, 4.69) is 5.32 Å². The van der Waals surface area contributed by atoms with E-state index in [0.717, 1.165) is 26.8 Å². The molecule has 7 heteroatoms. The average molecular weight is 362 g/mol. The number of sulfonamides is 1. The van der Waals surface area contributed by atoms with E-state index in [1.54, 1.807) is 6.07 Å². The zero-order chi connectivity index (χ0) is 18.8. The molecule has 0 heterocycles. The lowest BCUT2D eigenvalue weighted by atomic mass is 10.0. The lowest BCUT2D eigenvalue weighted by Gasteiger charge is -2.15. The molecule has 0 saturated carbocycles. The predicted molar refractivity (Wildman–Crippen MR) is 97.0 cm³/mol.